The number of aryl methyl sites for hydroxylation is 2. The molecule has 1 aliphatic carbocycles. The van der Waals surface area contributed by atoms with Crippen LogP contribution in [-0.4, -0.2) is 30.4 Å². The molecule has 0 unspecified atom stereocenters. The maximum atomic E-state index is 10.2. The largest absolute Gasteiger partial charge is 0.490 e. The molecule has 3 nitrogen and oxygen atoms in total. The van der Waals surface area contributed by atoms with E-state index in [1.165, 1.54) is 36.8 Å². The van der Waals surface area contributed by atoms with Gasteiger partial charge in [0.05, 0.1) is 0 Å². The monoisotopic (exact) mass is 305 g/mol. The fraction of sp³-hybridized carbons (Fsp3) is 0.684. The van der Waals surface area contributed by atoms with Crippen LogP contribution in [-0.2, 0) is 0 Å². The van der Waals surface area contributed by atoms with Crippen LogP contribution in [0.2, 0.25) is 0 Å². The standard InChI is InChI=1S/C19H31NO2/c1-13-5-9-17(10-6-13)20-11-18(21)12-22-19-15(3)8-7-14(2)16(19)4/h7-8,13,17-18,20-21H,5-6,9-12H2,1-4H3/t13?,17?,18-/m0/s1. The van der Waals surface area contributed by atoms with Gasteiger partial charge in [-0.2, -0.15) is 0 Å². The van der Waals surface area contributed by atoms with Gasteiger partial charge in [-0.05, 0) is 69.1 Å². The van der Waals surface area contributed by atoms with Gasteiger partial charge in [0, 0.05) is 12.6 Å². The van der Waals surface area contributed by atoms with Crippen LogP contribution in [0.5, 0.6) is 5.75 Å². The minimum absolute atomic E-state index is 0.348. The van der Waals surface area contributed by atoms with E-state index in [1.807, 2.05) is 0 Å². The molecule has 3 heteroatoms. The van der Waals surface area contributed by atoms with E-state index in [2.05, 4.69) is 45.1 Å². The van der Waals surface area contributed by atoms with Gasteiger partial charge in [0.1, 0.15) is 18.5 Å². The van der Waals surface area contributed by atoms with Crippen molar-refractivity contribution in [3.63, 3.8) is 0 Å². The van der Waals surface area contributed by atoms with Crippen LogP contribution in [0.15, 0.2) is 12.1 Å². The zero-order valence-electron chi connectivity index (χ0n) is 14.5. The van der Waals surface area contributed by atoms with Gasteiger partial charge in [-0.3, -0.25) is 0 Å². The Balaban J connectivity index is 1.76. The maximum Gasteiger partial charge on any atom is 0.125 e. The number of rotatable bonds is 6. The van der Waals surface area contributed by atoms with Crippen molar-refractivity contribution in [2.45, 2.75) is 65.5 Å². The van der Waals surface area contributed by atoms with Crippen molar-refractivity contribution in [3.05, 3.63) is 28.8 Å². The third-order valence-electron chi connectivity index (χ3n) is 4.95. The van der Waals surface area contributed by atoms with Gasteiger partial charge >= 0.3 is 0 Å². The van der Waals surface area contributed by atoms with Crippen molar-refractivity contribution in [1.29, 1.82) is 0 Å². The van der Waals surface area contributed by atoms with Crippen LogP contribution < -0.4 is 10.1 Å². The summed E-state index contributed by atoms with van der Waals surface area (Å²) in [6, 6.07) is 4.75. The summed E-state index contributed by atoms with van der Waals surface area (Å²) in [6.45, 7) is 9.50. The molecule has 1 aliphatic rings. The SMILES string of the molecule is Cc1ccc(C)c(OC[C@@H](O)CNC2CCC(C)CC2)c1C. The molecule has 1 atom stereocenters. The lowest BCUT2D eigenvalue weighted by Crippen LogP contribution is -2.39. The van der Waals surface area contributed by atoms with Gasteiger partial charge in [-0.25, -0.2) is 0 Å². The van der Waals surface area contributed by atoms with Crippen LogP contribution in [0, 0.1) is 26.7 Å². The van der Waals surface area contributed by atoms with Gasteiger partial charge in [0.15, 0.2) is 0 Å². The highest BCUT2D eigenvalue weighted by Gasteiger charge is 2.18. The maximum absolute atomic E-state index is 10.2. The number of hydrogen-bond acceptors (Lipinski definition) is 3. The van der Waals surface area contributed by atoms with Gasteiger partial charge < -0.3 is 15.2 Å². The number of ether oxygens (including phenoxy) is 1. The molecule has 124 valence electrons. The Hall–Kier alpha value is -1.06. The molecule has 0 saturated heterocycles. The van der Waals surface area contributed by atoms with E-state index < -0.39 is 6.10 Å². The van der Waals surface area contributed by atoms with Crippen LogP contribution in [0.1, 0.15) is 49.3 Å². The minimum atomic E-state index is -0.460. The molecule has 0 heterocycles. The number of aliphatic hydroxyl groups excluding tert-OH is 1. The molecule has 0 radical (unpaired) electrons. The predicted octanol–water partition coefficient (Wildman–Crippen LogP) is 3.52. The Labute approximate surface area is 135 Å². The molecule has 0 aliphatic heterocycles. The molecule has 1 fully saturated rings. The highest BCUT2D eigenvalue weighted by Crippen LogP contribution is 2.26. The second-order valence-corrected chi connectivity index (χ2v) is 6.98. The van der Waals surface area contributed by atoms with E-state index in [4.69, 9.17) is 4.74 Å². The summed E-state index contributed by atoms with van der Waals surface area (Å²) >= 11 is 0. The van der Waals surface area contributed by atoms with E-state index in [-0.39, 0.29) is 0 Å². The Bertz CT molecular complexity index is 479. The average Bonchev–Trinajstić information content (AvgIpc) is 2.50. The Morgan fingerprint density at radius 2 is 1.77 bits per heavy atom. The highest BCUT2D eigenvalue weighted by molar-refractivity contribution is 5.44. The first kappa shape index (κ1) is 17.3. The second kappa shape index (κ2) is 7.98. The lowest BCUT2D eigenvalue weighted by atomic mass is 9.87. The van der Waals surface area contributed by atoms with Crippen LogP contribution in [0.25, 0.3) is 0 Å². The van der Waals surface area contributed by atoms with Gasteiger partial charge in [-0.1, -0.05) is 19.1 Å². The third kappa shape index (κ3) is 4.72. The molecule has 22 heavy (non-hydrogen) atoms. The Morgan fingerprint density at radius 3 is 2.45 bits per heavy atom. The second-order valence-electron chi connectivity index (χ2n) is 6.98. The summed E-state index contributed by atoms with van der Waals surface area (Å²) in [4.78, 5) is 0. The quantitative estimate of drug-likeness (QED) is 0.845. The van der Waals surface area contributed by atoms with E-state index in [0.29, 0.717) is 19.2 Å². The molecular formula is C19H31NO2. The summed E-state index contributed by atoms with van der Waals surface area (Å²) in [7, 11) is 0. The van der Waals surface area contributed by atoms with Gasteiger partial charge in [0.25, 0.3) is 0 Å². The van der Waals surface area contributed by atoms with Gasteiger partial charge in [-0.15, -0.1) is 0 Å². The van der Waals surface area contributed by atoms with Crippen molar-refractivity contribution in [2.75, 3.05) is 13.2 Å². The zero-order valence-corrected chi connectivity index (χ0v) is 14.5. The average molecular weight is 305 g/mol. The molecule has 2 N–H and O–H groups in total. The molecule has 0 amide bonds. The molecule has 0 bridgehead atoms. The summed E-state index contributed by atoms with van der Waals surface area (Å²) in [5, 5.41) is 13.6. The molecule has 2 rings (SSSR count). The number of aliphatic hydroxyl groups is 1. The van der Waals surface area contributed by atoms with E-state index in [1.54, 1.807) is 0 Å². The topological polar surface area (TPSA) is 41.5 Å². The summed E-state index contributed by atoms with van der Waals surface area (Å²) in [6.07, 6.45) is 4.59. The zero-order chi connectivity index (χ0) is 16.1. The molecular weight excluding hydrogens is 274 g/mol. The molecule has 0 aromatic heterocycles. The first-order valence-electron chi connectivity index (χ1n) is 8.58. The van der Waals surface area contributed by atoms with E-state index >= 15 is 0 Å². The molecule has 1 aromatic rings. The minimum Gasteiger partial charge on any atom is -0.490 e. The first-order valence-corrected chi connectivity index (χ1v) is 8.58. The van der Waals surface area contributed by atoms with Crippen LogP contribution in [0.3, 0.4) is 0 Å². The predicted molar refractivity (Wildman–Crippen MR) is 91.6 cm³/mol. The molecule has 0 spiro atoms. The summed E-state index contributed by atoms with van der Waals surface area (Å²) in [5.41, 5.74) is 3.52. The summed E-state index contributed by atoms with van der Waals surface area (Å²) in [5.74, 6) is 1.78. The summed E-state index contributed by atoms with van der Waals surface area (Å²) < 4.78 is 5.88. The lowest BCUT2D eigenvalue weighted by molar-refractivity contribution is 0.100. The van der Waals surface area contributed by atoms with E-state index in [9.17, 15) is 5.11 Å². The number of nitrogens with one attached hydrogen (secondary N) is 1. The van der Waals surface area contributed by atoms with Crippen LogP contribution >= 0.6 is 0 Å². The molecule has 1 saturated carbocycles. The smallest absolute Gasteiger partial charge is 0.125 e. The first-order chi connectivity index (χ1) is 10.5. The van der Waals surface area contributed by atoms with Crippen molar-refractivity contribution in [2.24, 2.45) is 5.92 Å². The lowest BCUT2D eigenvalue weighted by Gasteiger charge is -2.28. The third-order valence-corrected chi connectivity index (χ3v) is 4.95. The normalized spacial score (nSPS) is 23.3. The Kier molecular flexibility index (Phi) is 6.27. The van der Waals surface area contributed by atoms with Crippen molar-refractivity contribution >= 4 is 0 Å². The number of benzene rings is 1. The van der Waals surface area contributed by atoms with Crippen molar-refractivity contribution in [1.82, 2.24) is 5.32 Å². The van der Waals surface area contributed by atoms with Crippen LogP contribution in [0.4, 0.5) is 0 Å². The number of hydrogen-bond donors (Lipinski definition) is 2. The van der Waals surface area contributed by atoms with Crippen molar-refractivity contribution < 1.29 is 9.84 Å². The van der Waals surface area contributed by atoms with E-state index in [0.717, 1.165) is 17.2 Å². The fourth-order valence-corrected chi connectivity index (χ4v) is 3.15. The van der Waals surface area contributed by atoms with Crippen molar-refractivity contribution in [3.8, 4) is 5.75 Å². The fourth-order valence-electron chi connectivity index (χ4n) is 3.15. The highest BCUT2D eigenvalue weighted by atomic mass is 16.5. The Morgan fingerprint density at radius 1 is 1.14 bits per heavy atom. The van der Waals surface area contributed by atoms with Gasteiger partial charge in [0.2, 0.25) is 0 Å². The molecule has 1 aromatic carbocycles.